The largest absolute Gasteiger partial charge is 0.324 e. The summed E-state index contributed by atoms with van der Waals surface area (Å²) in [6.07, 6.45) is 3.79. The van der Waals surface area contributed by atoms with Gasteiger partial charge >= 0.3 is 0 Å². The van der Waals surface area contributed by atoms with E-state index in [0.29, 0.717) is 0 Å². The maximum absolute atomic E-state index is 4.33. The Morgan fingerprint density at radius 2 is 2.00 bits per heavy atom. The van der Waals surface area contributed by atoms with Crippen molar-refractivity contribution in [2.75, 3.05) is 5.32 Å². The molecule has 0 saturated carbocycles. The van der Waals surface area contributed by atoms with Crippen molar-refractivity contribution in [1.29, 1.82) is 0 Å². The quantitative estimate of drug-likeness (QED) is 0.782. The fourth-order valence-corrected chi connectivity index (χ4v) is 3.16. The zero-order valence-corrected chi connectivity index (χ0v) is 11.4. The minimum atomic E-state index is 0.101. The molecule has 0 aliphatic carbocycles. The summed E-state index contributed by atoms with van der Waals surface area (Å²) < 4.78 is 1.91. The lowest BCUT2D eigenvalue weighted by molar-refractivity contribution is 0.620. The van der Waals surface area contributed by atoms with Crippen molar-refractivity contribution in [1.82, 2.24) is 14.8 Å². The molecule has 1 aliphatic rings. The molecule has 0 radical (unpaired) electrons. The Bertz CT molecular complexity index is 743. The third kappa shape index (κ3) is 1.83. The molecule has 20 heavy (non-hydrogen) atoms. The second-order valence-electron chi connectivity index (χ2n) is 4.56. The molecule has 0 spiro atoms. The number of nitrogens with one attached hydrogen (secondary N) is 1. The maximum atomic E-state index is 4.33. The van der Waals surface area contributed by atoms with Gasteiger partial charge in [0.05, 0.1) is 0 Å². The van der Waals surface area contributed by atoms with Crippen LogP contribution in [0.3, 0.4) is 0 Å². The van der Waals surface area contributed by atoms with Crippen LogP contribution in [0.15, 0.2) is 60.2 Å². The molecule has 3 heterocycles. The average molecular weight is 280 g/mol. The molecule has 1 aromatic carbocycles. The number of anilines is 1. The number of fused-ring (bicyclic) bond motifs is 1. The number of hydrogen-bond donors (Lipinski definition) is 1. The van der Waals surface area contributed by atoms with Gasteiger partial charge in [0.1, 0.15) is 12.4 Å². The second kappa shape index (κ2) is 4.61. The molecule has 98 valence electrons. The van der Waals surface area contributed by atoms with E-state index in [2.05, 4.69) is 51.1 Å². The predicted octanol–water partition coefficient (Wildman–Crippen LogP) is 3.40. The zero-order valence-electron chi connectivity index (χ0n) is 10.6. The summed E-state index contributed by atoms with van der Waals surface area (Å²) in [5.41, 5.74) is 2.23. The van der Waals surface area contributed by atoms with Crippen LogP contribution in [0, 0.1) is 0 Å². The Labute approximate surface area is 120 Å². The van der Waals surface area contributed by atoms with Gasteiger partial charge in [-0.1, -0.05) is 36.4 Å². The molecule has 4 nitrogen and oxygen atoms in total. The van der Waals surface area contributed by atoms with Crippen molar-refractivity contribution >= 4 is 23.0 Å². The maximum Gasteiger partial charge on any atom is 0.226 e. The van der Waals surface area contributed by atoms with Crippen LogP contribution in [-0.4, -0.2) is 14.8 Å². The summed E-state index contributed by atoms with van der Waals surface area (Å²) in [6.45, 7) is 0. The molecular formula is C15H12N4S. The highest BCUT2D eigenvalue weighted by molar-refractivity contribution is 7.10. The first-order chi connectivity index (χ1) is 9.92. The second-order valence-corrected chi connectivity index (χ2v) is 5.54. The van der Waals surface area contributed by atoms with E-state index in [0.717, 1.165) is 17.2 Å². The SMILES string of the molecule is C1=C(c2ccccc2)Nc2ncnn2[C@H]1c1cccs1. The minimum Gasteiger partial charge on any atom is -0.324 e. The van der Waals surface area contributed by atoms with E-state index >= 15 is 0 Å². The van der Waals surface area contributed by atoms with Crippen molar-refractivity contribution in [2.24, 2.45) is 0 Å². The van der Waals surface area contributed by atoms with Crippen LogP contribution in [0.5, 0.6) is 0 Å². The van der Waals surface area contributed by atoms with E-state index in [9.17, 15) is 0 Å². The summed E-state index contributed by atoms with van der Waals surface area (Å²) in [7, 11) is 0. The van der Waals surface area contributed by atoms with Crippen LogP contribution >= 0.6 is 11.3 Å². The molecule has 1 aliphatic heterocycles. The van der Waals surface area contributed by atoms with E-state index in [1.54, 1.807) is 17.7 Å². The number of nitrogens with zero attached hydrogens (tertiary/aromatic N) is 3. The Morgan fingerprint density at radius 1 is 1.10 bits per heavy atom. The molecule has 1 N–H and O–H groups in total. The molecule has 0 bridgehead atoms. The van der Waals surface area contributed by atoms with Crippen molar-refractivity contribution in [2.45, 2.75) is 6.04 Å². The summed E-state index contributed by atoms with van der Waals surface area (Å²) >= 11 is 1.73. The van der Waals surface area contributed by atoms with Gasteiger partial charge in [0.2, 0.25) is 5.95 Å². The average Bonchev–Trinajstić information content (AvgIpc) is 3.18. The van der Waals surface area contributed by atoms with E-state index in [-0.39, 0.29) is 6.04 Å². The fourth-order valence-electron chi connectivity index (χ4n) is 2.38. The minimum absolute atomic E-state index is 0.101. The predicted molar refractivity (Wildman–Crippen MR) is 80.5 cm³/mol. The van der Waals surface area contributed by atoms with Gasteiger partial charge < -0.3 is 5.32 Å². The summed E-state index contributed by atoms with van der Waals surface area (Å²) in [6, 6.07) is 14.6. The normalized spacial score (nSPS) is 17.2. The number of aromatic nitrogens is 3. The number of thiophene rings is 1. The van der Waals surface area contributed by atoms with Crippen molar-refractivity contribution in [3.8, 4) is 0 Å². The monoisotopic (exact) mass is 280 g/mol. The standard InChI is InChI=1S/C15H12N4S/c1-2-5-11(6-3-1)12-9-13(14-7-4-8-20-14)19-15(18-12)16-10-17-19/h1-10,13H,(H,16,17,18)/t13-/m1/s1. The van der Waals surface area contributed by atoms with Gasteiger partial charge in [0.25, 0.3) is 0 Å². The molecule has 2 aromatic heterocycles. The third-order valence-electron chi connectivity index (χ3n) is 3.33. The molecular weight excluding hydrogens is 268 g/mol. The smallest absolute Gasteiger partial charge is 0.226 e. The van der Waals surface area contributed by atoms with Gasteiger partial charge in [-0.3, -0.25) is 0 Å². The highest BCUT2D eigenvalue weighted by atomic mass is 32.1. The van der Waals surface area contributed by atoms with Crippen LogP contribution in [0.1, 0.15) is 16.5 Å². The molecule has 3 aromatic rings. The number of benzene rings is 1. The number of hydrogen-bond acceptors (Lipinski definition) is 4. The molecule has 0 amide bonds. The number of rotatable bonds is 2. The fraction of sp³-hybridized carbons (Fsp3) is 0.0667. The van der Waals surface area contributed by atoms with Gasteiger partial charge in [-0.2, -0.15) is 10.1 Å². The Kier molecular flexibility index (Phi) is 2.63. The molecule has 0 fully saturated rings. The first-order valence-corrected chi connectivity index (χ1v) is 7.27. The van der Waals surface area contributed by atoms with Crippen LogP contribution in [0.4, 0.5) is 5.95 Å². The highest BCUT2D eigenvalue weighted by Crippen LogP contribution is 2.33. The third-order valence-corrected chi connectivity index (χ3v) is 4.27. The Morgan fingerprint density at radius 3 is 2.80 bits per heavy atom. The highest BCUT2D eigenvalue weighted by Gasteiger charge is 2.23. The van der Waals surface area contributed by atoms with Crippen LogP contribution in [0.25, 0.3) is 5.70 Å². The van der Waals surface area contributed by atoms with Crippen molar-refractivity contribution in [3.05, 3.63) is 70.7 Å². The molecule has 1 atom stereocenters. The number of allylic oxidation sites excluding steroid dienone is 1. The van der Waals surface area contributed by atoms with E-state index in [4.69, 9.17) is 0 Å². The van der Waals surface area contributed by atoms with Gasteiger partial charge in [0, 0.05) is 10.6 Å². The van der Waals surface area contributed by atoms with E-state index in [1.165, 1.54) is 4.88 Å². The van der Waals surface area contributed by atoms with Gasteiger partial charge in [0.15, 0.2) is 0 Å². The lowest BCUT2D eigenvalue weighted by Gasteiger charge is -2.23. The van der Waals surface area contributed by atoms with E-state index in [1.807, 2.05) is 22.9 Å². The lowest BCUT2D eigenvalue weighted by atomic mass is 10.1. The Balaban J connectivity index is 1.83. The van der Waals surface area contributed by atoms with Crippen LogP contribution in [0.2, 0.25) is 0 Å². The molecule has 0 unspecified atom stereocenters. The molecule has 4 rings (SSSR count). The first-order valence-electron chi connectivity index (χ1n) is 6.39. The molecule has 0 saturated heterocycles. The van der Waals surface area contributed by atoms with Gasteiger partial charge in [-0.15, -0.1) is 11.3 Å². The summed E-state index contributed by atoms with van der Waals surface area (Å²) in [5, 5.41) is 9.75. The molecule has 5 heteroatoms. The van der Waals surface area contributed by atoms with Crippen LogP contribution in [-0.2, 0) is 0 Å². The van der Waals surface area contributed by atoms with Crippen molar-refractivity contribution < 1.29 is 0 Å². The topological polar surface area (TPSA) is 42.7 Å². The summed E-state index contributed by atoms with van der Waals surface area (Å²) in [5.74, 6) is 0.782. The van der Waals surface area contributed by atoms with Crippen LogP contribution < -0.4 is 5.32 Å². The zero-order chi connectivity index (χ0) is 13.4. The first kappa shape index (κ1) is 11.4. The lowest BCUT2D eigenvalue weighted by Crippen LogP contribution is -2.19. The summed E-state index contributed by atoms with van der Waals surface area (Å²) in [4.78, 5) is 5.55. The van der Waals surface area contributed by atoms with E-state index < -0.39 is 0 Å². The van der Waals surface area contributed by atoms with Gasteiger partial charge in [-0.05, 0) is 23.1 Å². The van der Waals surface area contributed by atoms with Gasteiger partial charge in [-0.25, -0.2) is 4.68 Å². The van der Waals surface area contributed by atoms with Crippen molar-refractivity contribution in [3.63, 3.8) is 0 Å². The Hall–Kier alpha value is -2.40.